The molecule has 2 aliphatic rings. The molecule has 2 rings (SSSR count). The van der Waals surface area contributed by atoms with Crippen LogP contribution in [0, 0.1) is 17.8 Å². The first-order valence-corrected chi connectivity index (χ1v) is 4.08. The van der Waals surface area contributed by atoms with E-state index in [0.717, 1.165) is 17.8 Å². The molecule has 2 atom stereocenters. The Morgan fingerprint density at radius 2 is 1.89 bits per heavy atom. The van der Waals surface area contributed by atoms with Crippen molar-refractivity contribution in [3.8, 4) is 0 Å². The van der Waals surface area contributed by atoms with Crippen LogP contribution in [0.4, 0.5) is 0 Å². The first-order chi connectivity index (χ1) is 4.33. The van der Waals surface area contributed by atoms with Gasteiger partial charge in [0.1, 0.15) is 0 Å². The highest BCUT2D eigenvalue weighted by Gasteiger charge is 2.53. The van der Waals surface area contributed by atoms with Gasteiger partial charge in [-0.2, -0.15) is 0 Å². The maximum Gasteiger partial charge on any atom is 0.0102 e. The van der Waals surface area contributed by atoms with E-state index in [-0.39, 0.29) is 0 Å². The number of rotatable bonds is 1. The van der Waals surface area contributed by atoms with Crippen molar-refractivity contribution in [2.45, 2.75) is 32.2 Å². The van der Waals surface area contributed by atoms with Crippen molar-refractivity contribution in [1.29, 1.82) is 0 Å². The van der Waals surface area contributed by atoms with Gasteiger partial charge in [0.15, 0.2) is 0 Å². The van der Waals surface area contributed by atoms with Crippen molar-refractivity contribution in [3.05, 3.63) is 0 Å². The van der Waals surface area contributed by atoms with Gasteiger partial charge >= 0.3 is 0 Å². The first-order valence-electron chi connectivity index (χ1n) is 4.08. The van der Waals surface area contributed by atoms with Gasteiger partial charge in [-0.3, -0.25) is 0 Å². The maximum absolute atomic E-state index is 5.79. The van der Waals surface area contributed by atoms with Gasteiger partial charge in [0.2, 0.25) is 0 Å². The average molecular weight is 125 g/mol. The van der Waals surface area contributed by atoms with Crippen molar-refractivity contribution >= 4 is 0 Å². The summed E-state index contributed by atoms with van der Waals surface area (Å²) in [5, 5.41) is 0. The first kappa shape index (κ1) is 5.72. The van der Waals surface area contributed by atoms with E-state index in [2.05, 4.69) is 6.92 Å². The summed E-state index contributed by atoms with van der Waals surface area (Å²) >= 11 is 0. The van der Waals surface area contributed by atoms with Crippen LogP contribution in [0.2, 0.25) is 0 Å². The topological polar surface area (TPSA) is 26.0 Å². The van der Waals surface area contributed by atoms with Crippen LogP contribution < -0.4 is 5.73 Å². The molecule has 0 spiro atoms. The van der Waals surface area contributed by atoms with Crippen LogP contribution in [0.3, 0.4) is 0 Å². The molecule has 2 N–H and O–H groups in total. The largest absolute Gasteiger partial charge is 0.327 e. The maximum atomic E-state index is 5.79. The Bertz CT molecular complexity index is 110. The van der Waals surface area contributed by atoms with Gasteiger partial charge in [0.05, 0.1) is 0 Å². The van der Waals surface area contributed by atoms with Crippen molar-refractivity contribution < 1.29 is 0 Å². The van der Waals surface area contributed by atoms with E-state index in [4.69, 9.17) is 5.73 Å². The summed E-state index contributed by atoms with van der Waals surface area (Å²) in [6, 6.07) is 0.604. The van der Waals surface area contributed by atoms with Gasteiger partial charge in [-0.05, 0) is 30.6 Å². The predicted molar refractivity (Wildman–Crippen MR) is 38.0 cm³/mol. The van der Waals surface area contributed by atoms with E-state index in [1.165, 1.54) is 19.3 Å². The lowest BCUT2D eigenvalue weighted by Gasteiger charge is -2.07. The molecule has 0 heterocycles. The molecule has 0 saturated heterocycles. The third-order valence-corrected chi connectivity index (χ3v) is 3.19. The molecule has 2 unspecified atom stereocenters. The second-order valence-electron chi connectivity index (χ2n) is 3.65. The minimum atomic E-state index is 0.604. The number of hydrogen-bond acceptors (Lipinski definition) is 1. The fraction of sp³-hybridized carbons (Fsp3) is 1.00. The van der Waals surface area contributed by atoms with Crippen molar-refractivity contribution in [2.24, 2.45) is 23.5 Å². The lowest BCUT2D eigenvalue weighted by molar-refractivity contribution is 0.457. The Morgan fingerprint density at radius 1 is 1.33 bits per heavy atom. The predicted octanol–water partition coefficient (Wildman–Crippen LogP) is 1.38. The standard InChI is InChI=1S/C8H15N/c1-2-5-3-6-7(4-5)8(6)9/h5-8H,2-4,9H2,1H3. The third kappa shape index (κ3) is 0.710. The van der Waals surface area contributed by atoms with Crippen LogP contribution in [0.25, 0.3) is 0 Å². The van der Waals surface area contributed by atoms with Gasteiger partial charge in [-0.1, -0.05) is 13.3 Å². The zero-order valence-electron chi connectivity index (χ0n) is 6.01. The summed E-state index contributed by atoms with van der Waals surface area (Å²) in [6.07, 6.45) is 4.24. The van der Waals surface area contributed by atoms with Crippen LogP contribution in [0.1, 0.15) is 26.2 Å². The smallest absolute Gasteiger partial charge is 0.0102 e. The summed E-state index contributed by atoms with van der Waals surface area (Å²) in [7, 11) is 0. The molecular formula is C8H15N. The molecule has 9 heavy (non-hydrogen) atoms. The Morgan fingerprint density at radius 3 is 2.33 bits per heavy atom. The minimum Gasteiger partial charge on any atom is -0.327 e. The van der Waals surface area contributed by atoms with Gasteiger partial charge < -0.3 is 5.73 Å². The summed E-state index contributed by atoms with van der Waals surface area (Å²) in [5.74, 6) is 2.91. The van der Waals surface area contributed by atoms with Gasteiger partial charge in [-0.25, -0.2) is 0 Å². The molecule has 0 aromatic heterocycles. The third-order valence-electron chi connectivity index (χ3n) is 3.19. The highest BCUT2D eigenvalue weighted by atomic mass is 14.8. The molecule has 2 fully saturated rings. The Hall–Kier alpha value is -0.0400. The Labute approximate surface area is 56.6 Å². The summed E-state index contributed by atoms with van der Waals surface area (Å²) < 4.78 is 0. The summed E-state index contributed by atoms with van der Waals surface area (Å²) in [5.41, 5.74) is 5.79. The number of fused-ring (bicyclic) bond motifs is 1. The molecule has 2 aliphatic carbocycles. The van der Waals surface area contributed by atoms with Crippen molar-refractivity contribution in [2.75, 3.05) is 0 Å². The fourth-order valence-corrected chi connectivity index (χ4v) is 2.34. The molecule has 0 radical (unpaired) electrons. The zero-order valence-corrected chi connectivity index (χ0v) is 6.01. The molecule has 0 bridgehead atoms. The molecule has 1 nitrogen and oxygen atoms in total. The normalized spacial score (nSPS) is 55.3. The van der Waals surface area contributed by atoms with Crippen LogP contribution in [-0.2, 0) is 0 Å². The van der Waals surface area contributed by atoms with Gasteiger partial charge in [0.25, 0.3) is 0 Å². The van der Waals surface area contributed by atoms with E-state index in [1.54, 1.807) is 0 Å². The molecule has 0 aliphatic heterocycles. The Balaban J connectivity index is 1.89. The van der Waals surface area contributed by atoms with Crippen molar-refractivity contribution in [1.82, 2.24) is 0 Å². The number of hydrogen-bond donors (Lipinski definition) is 1. The van der Waals surface area contributed by atoms with E-state index in [1.807, 2.05) is 0 Å². The van der Waals surface area contributed by atoms with Crippen LogP contribution in [-0.4, -0.2) is 6.04 Å². The zero-order chi connectivity index (χ0) is 6.43. The van der Waals surface area contributed by atoms with Crippen molar-refractivity contribution in [3.63, 3.8) is 0 Å². The molecule has 0 aromatic carbocycles. The van der Waals surface area contributed by atoms with Gasteiger partial charge in [-0.15, -0.1) is 0 Å². The molecule has 0 aromatic rings. The summed E-state index contributed by atoms with van der Waals surface area (Å²) in [4.78, 5) is 0. The van der Waals surface area contributed by atoms with Crippen LogP contribution in [0.5, 0.6) is 0 Å². The van der Waals surface area contributed by atoms with E-state index in [9.17, 15) is 0 Å². The van der Waals surface area contributed by atoms with Crippen LogP contribution >= 0.6 is 0 Å². The van der Waals surface area contributed by atoms with Gasteiger partial charge in [0, 0.05) is 6.04 Å². The molecule has 52 valence electrons. The molecule has 2 saturated carbocycles. The monoisotopic (exact) mass is 125 g/mol. The van der Waals surface area contributed by atoms with E-state index < -0.39 is 0 Å². The lowest BCUT2D eigenvalue weighted by Crippen LogP contribution is -2.10. The summed E-state index contributed by atoms with van der Waals surface area (Å²) in [6.45, 7) is 2.29. The molecule has 0 amide bonds. The SMILES string of the molecule is CCC1CC2C(N)C2C1. The van der Waals surface area contributed by atoms with Crippen LogP contribution in [0.15, 0.2) is 0 Å². The quantitative estimate of drug-likeness (QED) is 0.563. The molecule has 1 heteroatoms. The molecular weight excluding hydrogens is 110 g/mol. The minimum absolute atomic E-state index is 0.604. The highest BCUT2D eigenvalue weighted by molar-refractivity contribution is 5.06. The average Bonchev–Trinajstić information content (AvgIpc) is 2.32. The van der Waals surface area contributed by atoms with E-state index >= 15 is 0 Å². The second kappa shape index (κ2) is 1.72. The number of nitrogens with two attached hydrogens (primary N) is 1. The lowest BCUT2D eigenvalue weighted by atomic mass is 10.0. The van der Waals surface area contributed by atoms with E-state index in [0.29, 0.717) is 6.04 Å². The fourth-order valence-electron chi connectivity index (χ4n) is 2.34. The highest BCUT2D eigenvalue weighted by Crippen LogP contribution is 2.53. The second-order valence-corrected chi connectivity index (χ2v) is 3.65. The Kier molecular flexibility index (Phi) is 1.10.